The molecule has 0 saturated heterocycles. The van der Waals surface area contributed by atoms with E-state index < -0.39 is 5.91 Å². The number of esters is 1. The van der Waals surface area contributed by atoms with E-state index in [0.717, 1.165) is 12.0 Å². The van der Waals surface area contributed by atoms with Gasteiger partial charge in [-0.25, -0.2) is 0 Å². The van der Waals surface area contributed by atoms with Gasteiger partial charge in [-0.05, 0) is 37.0 Å². The van der Waals surface area contributed by atoms with Crippen molar-refractivity contribution < 1.29 is 19.1 Å². The Hall–Kier alpha value is -3.15. The van der Waals surface area contributed by atoms with Crippen molar-refractivity contribution in [3.8, 4) is 0 Å². The van der Waals surface area contributed by atoms with Gasteiger partial charge in [-0.15, -0.1) is 0 Å². The first-order valence-corrected chi connectivity index (χ1v) is 9.37. The molecular formula is C22H24N2O4. The predicted molar refractivity (Wildman–Crippen MR) is 106 cm³/mol. The lowest BCUT2D eigenvalue weighted by atomic mass is 10.1. The van der Waals surface area contributed by atoms with Crippen LogP contribution in [0.5, 0.6) is 0 Å². The Morgan fingerprint density at radius 1 is 1.07 bits per heavy atom. The minimum Gasteiger partial charge on any atom is -0.455 e. The smallest absolute Gasteiger partial charge is 0.309 e. The molecule has 2 aromatic rings. The summed E-state index contributed by atoms with van der Waals surface area (Å²) in [5.74, 6) is -0.878. The molecule has 28 heavy (non-hydrogen) atoms. The van der Waals surface area contributed by atoms with E-state index in [1.807, 2.05) is 44.2 Å². The van der Waals surface area contributed by atoms with Crippen LogP contribution in [-0.4, -0.2) is 24.4 Å². The number of rotatable bonds is 7. The van der Waals surface area contributed by atoms with Crippen LogP contribution in [0.3, 0.4) is 0 Å². The molecule has 0 aromatic heterocycles. The fourth-order valence-corrected chi connectivity index (χ4v) is 2.97. The maximum atomic E-state index is 12.7. The van der Waals surface area contributed by atoms with Crippen LogP contribution in [0.2, 0.25) is 0 Å². The summed E-state index contributed by atoms with van der Waals surface area (Å²) in [6.45, 7) is 3.50. The standard InChI is InChI=1S/C22H24N2O4/c1-14-12-18(14)22(27)28-13-20(25)24-19-11-7-6-10-17(19)21(26)23-15(2)16-8-4-3-5-9-16/h3-11,14-15,18H,12-13H2,1-2H3,(H,23,26)(H,24,25)/t14-,15+,18+/m1/s1. The number of benzene rings is 2. The summed E-state index contributed by atoms with van der Waals surface area (Å²) in [6.07, 6.45) is 0.809. The Morgan fingerprint density at radius 2 is 1.71 bits per heavy atom. The van der Waals surface area contributed by atoms with Crippen molar-refractivity contribution in [3.05, 3.63) is 65.7 Å². The van der Waals surface area contributed by atoms with E-state index in [1.165, 1.54) is 0 Å². The molecule has 2 amide bonds. The maximum absolute atomic E-state index is 12.7. The van der Waals surface area contributed by atoms with Crippen molar-refractivity contribution in [3.63, 3.8) is 0 Å². The zero-order valence-corrected chi connectivity index (χ0v) is 16.0. The molecule has 0 spiro atoms. The van der Waals surface area contributed by atoms with Gasteiger partial charge >= 0.3 is 5.97 Å². The summed E-state index contributed by atoms with van der Waals surface area (Å²) in [7, 11) is 0. The molecule has 1 aliphatic rings. The van der Waals surface area contributed by atoms with Gasteiger partial charge in [-0.3, -0.25) is 14.4 Å². The summed E-state index contributed by atoms with van der Waals surface area (Å²) in [6, 6.07) is 16.2. The lowest BCUT2D eigenvalue weighted by Crippen LogP contribution is -2.28. The predicted octanol–water partition coefficient (Wildman–Crippen LogP) is 3.32. The highest BCUT2D eigenvalue weighted by Crippen LogP contribution is 2.38. The van der Waals surface area contributed by atoms with E-state index in [4.69, 9.17) is 4.74 Å². The SMILES string of the molecule is C[C@H](NC(=O)c1ccccc1NC(=O)COC(=O)[C@H]1C[C@H]1C)c1ccccc1. The molecule has 0 heterocycles. The van der Waals surface area contributed by atoms with Crippen molar-refractivity contribution in [1.82, 2.24) is 5.32 Å². The lowest BCUT2D eigenvalue weighted by molar-refractivity contribution is -0.148. The number of para-hydroxylation sites is 1. The quantitative estimate of drug-likeness (QED) is 0.722. The minimum atomic E-state index is -0.474. The Balaban J connectivity index is 1.59. The number of nitrogens with one attached hydrogen (secondary N) is 2. The fraction of sp³-hybridized carbons (Fsp3) is 0.318. The number of ether oxygens (including phenoxy) is 1. The van der Waals surface area contributed by atoms with E-state index in [-0.39, 0.29) is 30.4 Å². The van der Waals surface area contributed by atoms with Crippen LogP contribution in [0.15, 0.2) is 54.6 Å². The Bertz CT molecular complexity index is 866. The van der Waals surface area contributed by atoms with Crippen LogP contribution in [0.4, 0.5) is 5.69 Å². The zero-order valence-electron chi connectivity index (χ0n) is 16.0. The van der Waals surface area contributed by atoms with Gasteiger partial charge < -0.3 is 15.4 Å². The third-order valence-electron chi connectivity index (χ3n) is 4.85. The highest BCUT2D eigenvalue weighted by atomic mass is 16.5. The van der Waals surface area contributed by atoms with Crippen LogP contribution >= 0.6 is 0 Å². The zero-order chi connectivity index (χ0) is 20.1. The molecule has 6 nitrogen and oxygen atoms in total. The van der Waals surface area contributed by atoms with Crippen molar-refractivity contribution in [2.45, 2.75) is 26.3 Å². The van der Waals surface area contributed by atoms with Gasteiger partial charge in [0, 0.05) is 0 Å². The van der Waals surface area contributed by atoms with Crippen molar-refractivity contribution >= 4 is 23.5 Å². The van der Waals surface area contributed by atoms with Crippen LogP contribution in [-0.2, 0) is 14.3 Å². The van der Waals surface area contributed by atoms with E-state index in [2.05, 4.69) is 10.6 Å². The number of hydrogen-bond acceptors (Lipinski definition) is 4. The Kier molecular flexibility index (Phi) is 6.09. The molecule has 1 saturated carbocycles. The second-order valence-electron chi connectivity index (χ2n) is 7.13. The number of carbonyl (C=O) groups excluding carboxylic acids is 3. The molecule has 0 aliphatic heterocycles. The largest absolute Gasteiger partial charge is 0.455 e. The fourth-order valence-electron chi connectivity index (χ4n) is 2.97. The van der Waals surface area contributed by atoms with Gasteiger partial charge in [-0.1, -0.05) is 49.4 Å². The molecule has 0 radical (unpaired) electrons. The first-order valence-electron chi connectivity index (χ1n) is 9.37. The highest BCUT2D eigenvalue weighted by molar-refractivity contribution is 6.04. The normalized spacial score (nSPS) is 18.6. The monoisotopic (exact) mass is 380 g/mol. The van der Waals surface area contributed by atoms with Gasteiger partial charge in [0.2, 0.25) is 0 Å². The summed E-state index contributed by atoms with van der Waals surface area (Å²) in [4.78, 5) is 36.6. The third kappa shape index (κ3) is 4.97. The molecule has 0 bridgehead atoms. The molecule has 3 atom stereocenters. The molecule has 2 N–H and O–H groups in total. The second kappa shape index (κ2) is 8.69. The van der Waals surface area contributed by atoms with E-state index in [1.54, 1.807) is 24.3 Å². The minimum absolute atomic E-state index is 0.0923. The van der Waals surface area contributed by atoms with Gasteiger partial charge in [0.25, 0.3) is 11.8 Å². The van der Waals surface area contributed by atoms with Crippen molar-refractivity contribution in [2.75, 3.05) is 11.9 Å². The molecule has 1 fully saturated rings. The van der Waals surface area contributed by atoms with Crippen LogP contribution in [0.1, 0.15) is 42.2 Å². The molecule has 6 heteroatoms. The van der Waals surface area contributed by atoms with E-state index in [0.29, 0.717) is 17.2 Å². The average Bonchev–Trinajstić information content (AvgIpc) is 3.44. The maximum Gasteiger partial charge on any atom is 0.309 e. The molecule has 2 aromatic carbocycles. The summed E-state index contributed by atoms with van der Waals surface area (Å²) >= 11 is 0. The number of anilines is 1. The van der Waals surface area contributed by atoms with Crippen molar-refractivity contribution in [2.24, 2.45) is 11.8 Å². The Labute approximate surface area is 164 Å². The molecule has 0 unspecified atom stereocenters. The van der Waals surface area contributed by atoms with Crippen LogP contribution in [0, 0.1) is 11.8 Å². The molecular weight excluding hydrogens is 356 g/mol. The number of carbonyl (C=O) groups is 3. The second-order valence-corrected chi connectivity index (χ2v) is 7.13. The van der Waals surface area contributed by atoms with E-state index in [9.17, 15) is 14.4 Å². The molecule has 146 valence electrons. The summed E-state index contributed by atoms with van der Waals surface area (Å²) in [5, 5.41) is 5.58. The van der Waals surface area contributed by atoms with Gasteiger partial charge in [0.05, 0.1) is 23.2 Å². The highest BCUT2D eigenvalue weighted by Gasteiger charge is 2.40. The lowest BCUT2D eigenvalue weighted by Gasteiger charge is -2.16. The number of hydrogen-bond donors (Lipinski definition) is 2. The average molecular weight is 380 g/mol. The summed E-state index contributed by atoms with van der Waals surface area (Å²) in [5.41, 5.74) is 1.71. The first kappa shape index (κ1) is 19.6. The van der Waals surface area contributed by atoms with Gasteiger partial charge in [0.1, 0.15) is 0 Å². The molecule has 3 rings (SSSR count). The topological polar surface area (TPSA) is 84.5 Å². The van der Waals surface area contributed by atoms with Crippen molar-refractivity contribution in [1.29, 1.82) is 0 Å². The Morgan fingerprint density at radius 3 is 2.39 bits per heavy atom. The van der Waals surface area contributed by atoms with E-state index >= 15 is 0 Å². The summed E-state index contributed by atoms with van der Waals surface area (Å²) < 4.78 is 5.04. The third-order valence-corrected chi connectivity index (χ3v) is 4.85. The van der Waals surface area contributed by atoms with Gasteiger partial charge in [0.15, 0.2) is 6.61 Å². The van der Waals surface area contributed by atoms with Gasteiger partial charge in [-0.2, -0.15) is 0 Å². The first-order chi connectivity index (χ1) is 13.5. The van der Waals surface area contributed by atoms with Crippen LogP contribution in [0.25, 0.3) is 0 Å². The van der Waals surface area contributed by atoms with Crippen LogP contribution < -0.4 is 10.6 Å². The molecule has 1 aliphatic carbocycles. The number of amides is 2.